The molecule has 0 saturated carbocycles. The van der Waals surface area contributed by atoms with Gasteiger partial charge in [0.1, 0.15) is 5.75 Å². The molecule has 1 N–H and O–H groups in total. The van der Waals surface area contributed by atoms with E-state index in [-0.39, 0.29) is 6.10 Å². The van der Waals surface area contributed by atoms with E-state index in [0.29, 0.717) is 6.04 Å². The molecule has 0 aliphatic heterocycles. The van der Waals surface area contributed by atoms with Crippen molar-refractivity contribution in [2.45, 2.75) is 45.9 Å². The van der Waals surface area contributed by atoms with E-state index in [1.54, 1.807) is 0 Å². The van der Waals surface area contributed by atoms with Crippen molar-refractivity contribution in [1.82, 2.24) is 5.32 Å². The van der Waals surface area contributed by atoms with E-state index in [1.807, 2.05) is 19.9 Å². The quantitative estimate of drug-likeness (QED) is 0.794. The van der Waals surface area contributed by atoms with Crippen molar-refractivity contribution in [3.05, 3.63) is 65.7 Å². The summed E-state index contributed by atoms with van der Waals surface area (Å²) in [5.74, 6) is 0.937. The molecular formula is C19H25NO. The van der Waals surface area contributed by atoms with Crippen LogP contribution < -0.4 is 10.1 Å². The van der Waals surface area contributed by atoms with Crippen molar-refractivity contribution in [2.75, 3.05) is 0 Å². The minimum absolute atomic E-state index is 0.217. The lowest BCUT2D eigenvalue weighted by molar-refractivity contribution is 0.242. The Morgan fingerprint density at radius 3 is 2.19 bits per heavy atom. The molecule has 2 aromatic rings. The zero-order valence-corrected chi connectivity index (χ0v) is 13.2. The lowest BCUT2D eigenvalue weighted by Crippen LogP contribution is -2.20. The summed E-state index contributed by atoms with van der Waals surface area (Å²) in [6, 6.07) is 19.3. The maximum atomic E-state index is 5.69. The highest BCUT2D eigenvalue weighted by atomic mass is 16.5. The Morgan fingerprint density at radius 1 is 0.952 bits per heavy atom. The normalized spacial score (nSPS) is 12.4. The van der Waals surface area contributed by atoms with Gasteiger partial charge in [0.15, 0.2) is 0 Å². The van der Waals surface area contributed by atoms with E-state index in [2.05, 4.69) is 60.8 Å². The Morgan fingerprint density at radius 2 is 1.62 bits per heavy atom. The number of nitrogens with one attached hydrogen (secondary N) is 1. The van der Waals surface area contributed by atoms with Crippen molar-refractivity contribution in [3.63, 3.8) is 0 Å². The third-order valence-corrected chi connectivity index (χ3v) is 3.46. The molecule has 0 bridgehead atoms. The second kappa shape index (κ2) is 7.84. The number of hydrogen-bond donors (Lipinski definition) is 1. The first-order valence-electron chi connectivity index (χ1n) is 7.73. The van der Waals surface area contributed by atoms with Crippen molar-refractivity contribution in [3.8, 4) is 5.75 Å². The van der Waals surface area contributed by atoms with E-state index < -0.39 is 0 Å². The van der Waals surface area contributed by atoms with Gasteiger partial charge in [-0.15, -0.1) is 0 Å². The smallest absolute Gasteiger partial charge is 0.119 e. The number of benzene rings is 2. The monoisotopic (exact) mass is 283 g/mol. The van der Waals surface area contributed by atoms with Gasteiger partial charge in [-0.25, -0.2) is 0 Å². The van der Waals surface area contributed by atoms with Crippen LogP contribution in [0.4, 0.5) is 0 Å². The van der Waals surface area contributed by atoms with Crippen molar-refractivity contribution >= 4 is 0 Å². The maximum Gasteiger partial charge on any atom is 0.119 e. The Bertz CT molecular complexity index is 519. The standard InChI is InChI=1S/C19H25NO/c1-4-19(20-14-16-8-6-5-7-9-16)17-10-12-18(13-11-17)21-15(2)3/h5-13,15,19-20H,4,14H2,1-3H3. The van der Waals surface area contributed by atoms with Gasteiger partial charge in [0.05, 0.1) is 6.10 Å². The lowest BCUT2D eigenvalue weighted by atomic mass is 10.0. The molecule has 0 saturated heterocycles. The zero-order valence-electron chi connectivity index (χ0n) is 13.2. The summed E-state index contributed by atoms with van der Waals surface area (Å²) in [7, 11) is 0. The van der Waals surface area contributed by atoms with Crippen LogP contribution in [0, 0.1) is 0 Å². The first kappa shape index (κ1) is 15.6. The molecule has 0 fully saturated rings. The van der Waals surface area contributed by atoms with Gasteiger partial charge in [0, 0.05) is 12.6 Å². The SMILES string of the molecule is CCC(NCc1ccccc1)c1ccc(OC(C)C)cc1. The maximum absolute atomic E-state index is 5.69. The Balaban J connectivity index is 1.97. The Hall–Kier alpha value is -1.80. The fourth-order valence-corrected chi connectivity index (χ4v) is 2.39. The second-order valence-corrected chi connectivity index (χ2v) is 5.56. The fourth-order valence-electron chi connectivity index (χ4n) is 2.39. The van der Waals surface area contributed by atoms with Crippen LogP contribution in [0.3, 0.4) is 0 Å². The molecule has 2 aromatic carbocycles. The van der Waals surface area contributed by atoms with E-state index in [0.717, 1.165) is 18.7 Å². The molecule has 0 aromatic heterocycles. The second-order valence-electron chi connectivity index (χ2n) is 5.56. The van der Waals surface area contributed by atoms with Crippen LogP contribution in [0.15, 0.2) is 54.6 Å². The van der Waals surface area contributed by atoms with Gasteiger partial charge >= 0.3 is 0 Å². The van der Waals surface area contributed by atoms with Crippen molar-refractivity contribution < 1.29 is 4.74 Å². The minimum Gasteiger partial charge on any atom is -0.491 e. The number of rotatable bonds is 7. The van der Waals surface area contributed by atoms with Gasteiger partial charge in [0.2, 0.25) is 0 Å². The van der Waals surface area contributed by atoms with Gasteiger partial charge in [-0.3, -0.25) is 0 Å². The first-order chi connectivity index (χ1) is 10.2. The van der Waals surface area contributed by atoms with Crippen molar-refractivity contribution in [2.24, 2.45) is 0 Å². The third kappa shape index (κ3) is 4.91. The fraction of sp³-hybridized carbons (Fsp3) is 0.368. The topological polar surface area (TPSA) is 21.3 Å². The van der Waals surface area contributed by atoms with Crippen LogP contribution in [-0.2, 0) is 6.54 Å². The van der Waals surface area contributed by atoms with Gasteiger partial charge < -0.3 is 10.1 Å². The summed E-state index contributed by atoms with van der Waals surface area (Å²) in [5, 5.41) is 3.62. The molecule has 1 unspecified atom stereocenters. The Labute approximate surface area is 128 Å². The van der Waals surface area contributed by atoms with Gasteiger partial charge in [-0.1, -0.05) is 49.4 Å². The van der Waals surface area contributed by atoms with E-state index in [1.165, 1.54) is 11.1 Å². The minimum atomic E-state index is 0.217. The number of ether oxygens (including phenoxy) is 1. The molecule has 2 nitrogen and oxygen atoms in total. The summed E-state index contributed by atoms with van der Waals surface area (Å²) in [4.78, 5) is 0. The predicted molar refractivity (Wildman–Crippen MR) is 88.5 cm³/mol. The van der Waals surface area contributed by atoms with Crippen LogP contribution in [0.25, 0.3) is 0 Å². The average molecular weight is 283 g/mol. The van der Waals surface area contributed by atoms with Crippen LogP contribution >= 0.6 is 0 Å². The summed E-state index contributed by atoms with van der Waals surface area (Å²) >= 11 is 0. The van der Waals surface area contributed by atoms with E-state index in [9.17, 15) is 0 Å². The van der Waals surface area contributed by atoms with Gasteiger partial charge in [0.25, 0.3) is 0 Å². The van der Waals surface area contributed by atoms with Crippen LogP contribution in [0.1, 0.15) is 44.4 Å². The van der Waals surface area contributed by atoms with Gasteiger partial charge in [-0.05, 0) is 43.5 Å². The molecule has 1 atom stereocenters. The van der Waals surface area contributed by atoms with Crippen LogP contribution in [0.2, 0.25) is 0 Å². The number of hydrogen-bond acceptors (Lipinski definition) is 2. The summed E-state index contributed by atoms with van der Waals surface area (Å²) in [6.45, 7) is 7.19. The highest BCUT2D eigenvalue weighted by Crippen LogP contribution is 2.21. The van der Waals surface area contributed by atoms with Crippen LogP contribution in [-0.4, -0.2) is 6.10 Å². The van der Waals surface area contributed by atoms with Crippen molar-refractivity contribution in [1.29, 1.82) is 0 Å². The highest BCUT2D eigenvalue weighted by molar-refractivity contribution is 5.29. The summed E-state index contributed by atoms with van der Waals surface area (Å²) in [6.07, 6.45) is 1.28. The predicted octanol–water partition coefficient (Wildman–Crippen LogP) is 4.71. The average Bonchev–Trinajstić information content (AvgIpc) is 2.50. The molecule has 112 valence electrons. The summed E-state index contributed by atoms with van der Waals surface area (Å²) in [5.41, 5.74) is 2.63. The molecule has 0 heterocycles. The lowest BCUT2D eigenvalue weighted by Gasteiger charge is -2.18. The van der Waals surface area contributed by atoms with E-state index >= 15 is 0 Å². The molecule has 0 radical (unpaired) electrons. The molecule has 0 aliphatic carbocycles. The zero-order chi connectivity index (χ0) is 15.1. The third-order valence-electron chi connectivity index (χ3n) is 3.46. The van der Waals surface area contributed by atoms with Crippen LogP contribution in [0.5, 0.6) is 5.75 Å². The highest BCUT2D eigenvalue weighted by Gasteiger charge is 2.09. The molecular weight excluding hydrogens is 258 g/mol. The first-order valence-corrected chi connectivity index (χ1v) is 7.73. The largest absolute Gasteiger partial charge is 0.491 e. The molecule has 0 amide bonds. The molecule has 21 heavy (non-hydrogen) atoms. The molecule has 2 heteroatoms. The van der Waals surface area contributed by atoms with Gasteiger partial charge in [-0.2, -0.15) is 0 Å². The molecule has 2 rings (SSSR count). The molecule has 0 spiro atoms. The Kier molecular flexibility index (Phi) is 5.82. The van der Waals surface area contributed by atoms with E-state index in [4.69, 9.17) is 4.74 Å². The summed E-state index contributed by atoms with van der Waals surface area (Å²) < 4.78 is 5.69. The molecule has 0 aliphatic rings.